The molecule has 2 aliphatic heterocycles. The molecule has 1 aromatic carbocycles. The van der Waals surface area contributed by atoms with E-state index in [1.807, 2.05) is 29.8 Å². The number of nitrogens with zero attached hydrogens (tertiary/aromatic N) is 4. The Morgan fingerprint density at radius 3 is 2.94 bits per heavy atom. The summed E-state index contributed by atoms with van der Waals surface area (Å²) in [5.74, 6) is 1.60. The summed E-state index contributed by atoms with van der Waals surface area (Å²) in [6, 6.07) is 6.17. The minimum atomic E-state index is -0.636. The first-order chi connectivity index (χ1) is 16.1. The quantitative estimate of drug-likeness (QED) is 0.630. The fraction of sp³-hybridized carbons (Fsp3) is 0.385. The third-order valence-electron chi connectivity index (χ3n) is 7.16. The second kappa shape index (κ2) is 7.61. The van der Waals surface area contributed by atoms with E-state index >= 15 is 0 Å². The summed E-state index contributed by atoms with van der Waals surface area (Å²) in [7, 11) is 1.68. The molecule has 2 aliphatic carbocycles. The molecular weight excluding hydrogens is 419 g/mol. The van der Waals surface area contributed by atoms with E-state index in [0.717, 1.165) is 78.3 Å². The fourth-order valence-electron chi connectivity index (χ4n) is 5.55. The van der Waals surface area contributed by atoms with Gasteiger partial charge in [0.05, 0.1) is 24.8 Å². The molecule has 1 spiro atoms. The van der Waals surface area contributed by atoms with Gasteiger partial charge < -0.3 is 19.0 Å². The highest BCUT2D eigenvalue weighted by Gasteiger charge is 2.54. The number of halogens is 1. The molecule has 170 valence electrons. The van der Waals surface area contributed by atoms with Crippen molar-refractivity contribution in [1.29, 1.82) is 0 Å². The molecule has 33 heavy (non-hydrogen) atoms. The van der Waals surface area contributed by atoms with Crippen molar-refractivity contribution >= 4 is 11.9 Å². The number of hydrogen-bond donors (Lipinski definition) is 0. The topological polar surface area (TPSA) is 51.9 Å². The van der Waals surface area contributed by atoms with Crippen molar-refractivity contribution in [2.45, 2.75) is 51.2 Å². The number of allylic oxidation sites excluding steroid dienone is 2. The third-order valence-corrected chi connectivity index (χ3v) is 7.16. The van der Waals surface area contributed by atoms with Crippen molar-refractivity contribution in [3.8, 4) is 11.4 Å². The lowest BCUT2D eigenvalue weighted by atomic mass is 9.92. The third kappa shape index (κ3) is 3.21. The smallest absolute Gasteiger partial charge is 0.237 e. The van der Waals surface area contributed by atoms with Gasteiger partial charge in [-0.3, -0.25) is 0 Å². The molecule has 3 heterocycles. The van der Waals surface area contributed by atoms with Crippen LogP contribution in [0.3, 0.4) is 0 Å². The van der Waals surface area contributed by atoms with Gasteiger partial charge in [-0.25, -0.2) is 9.37 Å². The van der Waals surface area contributed by atoms with Crippen molar-refractivity contribution < 1.29 is 14.0 Å². The molecule has 4 aliphatic rings. The molecule has 0 bridgehead atoms. The number of amidine groups is 1. The largest absolute Gasteiger partial charge is 0.495 e. The van der Waals surface area contributed by atoms with Crippen LogP contribution in [0.5, 0.6) is 5.75 Å². The minimum absolute atomic E-state index is 0.0554. The van der Waals surface area contributed by atoms with Crippen molar-refractivity contribution in [1.82, 2.24) is 14.5 Å². The number of piperidine rings is 1. The Hall–Kier alpha value is -3.35. The van der Waals surface area contributed by atoms with Gasteiger partial charge in [-0.05, 0) is 68.0 Å². The molecule has 0 amide bonds. The van der Waals surface area contributed by atoms with Crippen LogP contribution in [-0.4, -0.2) is 39.7 Å². The second-order valence-corrected chi connectivity index (χ2v) is 9.18. The number of methoxy groups -OCH3 is 1. The van der Waals surface area contributed by atoms with Gasteiger partial charge in [0.15, 0.2) is 5.84 Å². The van der Waals surface area contributed by atoms with Crippen LogP contribution in [0.2, 0.25) is 0 Å². The predicted molar refractivity (Wildman–Crippen MR) is 125 cm³/mol. The zero-order valence-corrected chi connectivity index (χ0v) is 19.0. The van der Waals surface area contributed by atoms with Gasteiger partial charge in [-0.1, -0.05) is 16.8 Å². The monoisotopic (exact) mass is 446 g/mol. The van der Waals surface area contributed by atoms with Crippen LogP contribution in [0.1, 0.15) is 49.8 Å². The lowest BCUT2D eigenvalue weighted by molar-refractivity contribution is -0.0657. The number of aromatic nitrogens is 2. The average molecular weight is 447 g/mol. The van der Waals surface area contributed by atoms with E-state index in [4.69, 9.17) is 9.57 Å². The van der Waals surface area contributed by atoms with Crippen LogP contribution < -0.4 is 4.74 Å². The first-order valence-electron chi connectivity index (χ1n) is 11.6. The zero-order chi connectivity index (χ0) is 22.6. The Balaban J connectivity index is 1.32. The number of imidazole rings is 1. The van der Waals surface area contributed by atoms with Crippen molar-refractivity contribution in [2.24, 2.45) is 5.16 Å². The van der Waals surface area contributed by atoms with Gasteiger partial charge >= 0.3 is 0 Å². The molecule has 0 saturated carbocycles. The van der Waals surface area contributed by atoms with Gasteiger partial charge in [-0.15, -0.1) is 0 Å². The van der Waals surface area contributed by atoms with E-state index < -0.39 is 5.72 Å². The van der Waals surface area contributed by atoms with Crippen LogP contribution in [-0.2, 0) is 4.84 Å². The van der Waals surface area contributed by atoms with E-state index in [2.05, 4.69) is 27.2 Å². The Morgan fingerprint density at radius 1 is 1.21 bits per heavy atom. The molecular formula is C26H27FN4O2. The minimum Gasteiger partial charge on any atom is -0.495 e. The van der Waals surface area contributed by atoms with Crippen LogP contribution >= 0.6 is 0 Å². The lowest BCUT2D eigenvalue weighted by Crippen LogP contribution is -2.50. The van der Waals surface area contributed by atoms with Crippen LogP contribution in [0.15, 0.2) is 64.5 Å². The first-order valence-corrected chi connectivity index (χ1v) is 11.6. The number of aryl methyl sites for hydroxylation is 1. The molecule has 6 rings (SSSR count). The number of oxime groups is 1. The zero-order valence-electron chi connectivity index (χ0n) is 19.0. The number of benzene rings is 1. The van der Waals surface area contributed by atoms with Crippen molar-refractivity contribution in [3.63, 3.8) is 0 Å². The highest BCUT2D eigenvalue weighted by molar-refractivity contribution is 6.04. The number of fused-ring (bicyclic) bond motifs is 3. The summed E-state index contributed by atoms with van der Waals surface area (Å²) in [6.45, 7) is 2.83. The lowest BCUT2D eigenvalue weighted by Gasteiger charge is -2.39. The van der Waals surface area contributed by atoms with Crippen LogP contribution in [0.25, 0.3) is 11.8 Å². The molecule has 2 aromatic rings. The Bertz CT molecular complexity index is 1250. The molecule has 0 N–H and O–H groups in total. The molecule has 6 nitrogen and oxygen atoms in total. The molecule has 1 fully saturated rings. The highest BCUT2D eigenvalue weighted by atomic mass is 19.1. The van der Waals surface area contributed by atoms with Gasteiger partial charge in [0.25, 0.3) is 0 Å². The molecule has 1 saturated heterocycles. The SMILES string of the molecule is COc1cc(/C=C2\CCCN3C2=NOC32CCC3=C2C=C(F)CC3)ccc1-n1cnc(C)c1. The molecule has 1 unspecified atom stereocenters. The van der Waals surface area contributed by atoms with Crippen molar-refractivity contribution in [3.05, 3.63) is 70.6 Å². The Labute approximate surface area is 192 Å². The maximum atomic E-state index is 14.2. The number of hydrogen-bond acceptors (Lipinski definition) is 5. The summed E-state index contributed by atoms with van der Waals surface area (Å²) < 4.78 is 21.8. The van der Waals surface area contributed by atoms with Crippen LogP contribution in [0, 0.1) is 6.92 Å². The Kier molecular flexibility index (Phi) is 4.67. The molecule has 0 radical (unpaired) electrons. The number of rotatable bonds is 3. The van der Waals surface area contributed by atoms with E-state index in [9.17, 15) is 4.39 Å². The first kappa shape index (κ1) is 20.3. The van der Waals surface area contributed by atoms with E-state index in [1.54, 1.807) is 19.5 Å². The number of ether oxygens (including phenoxy) is 1. The fourth-order valence-corrected chi connectivity index (χ4v) is 5.55. The summed E-state index contributed by atoms with van der Waals surface area (Å²) >= 11 is 0. The van der Waals surface area contributed by atoms with Gasteiger partial charge in [0.1, 0.15) is 11.6 Å². The highest BCUT2D eigenvalue weighted by Crippen LogP contribution is 2.50. The van der Waals surface area contributed by atoms with E-state index in [1.165, 1.54) is 5.57 Å². The summed E-state index contributed by atoms with van der Waals surface area (Å²) in [5.41, 5.74) is 5.76. The normalized spacial score (nSPS) is 25.2. The Morgan fingerprint density at radius 2 is 2.12 bits per heavy atom. The van der Waals surface area contributed by atoms with Crippen LogP contribution in [0.4, 0.5) is 4.39 Å². The van der Waals surface area contributed by atoms with E-state index in [-0.39, 0.29) is 5.83 Å². The van der Waals surface area contributed by atoms with Gasteiger partial charge in [-0.2, -0.15) is 0 Å². The van der Waals surface area contributed by atoms with Gasteiger partial charge in [0, 0.05) is 31.2 Å². The summed E-state index contributed by atoms with van der Waals surface area (Å²) in [6.07, 6.45) is 12.6. The molecule has 7 heteroatoms. The maximum Gasteiger partial charge on any atom is 0.237 e. The molecule has 1 aromatic heterocycles. The predicted octanol–water partition coefficient (Wildman–Crippen LogP) is 5.45. The maximum absolute atomic E-state index is 14.2. The van der Waals surface area contributed by atoms with Crippen molar-refractivity contribution in [2.75, 3.05) is 13.7 Å². The van der Waals surface area contributed by atoms with E-state index in [0.29, 0.717) is 6.42 Å². The van der Waals surface area contributed by atoms with Gasteiger partial charge in [0.2, 0.25) is 5.72 Å². The second-order valence-electron chi connectivity index (χ2n) is 9.18. The standard InChI is InChI=1S/C26H27FN4O2/c1-17-15-30(16-28-17)23-8-5-18(13-24(23)32-2)12-20-4-3-11-31-25(20)29-33-26(31)10-9-19-6-7-21(27)14-22(19)26/h5,8,12-16H,3-4,6-7,9-11H2,1-2H3/b20-12+. The average Bonchev–Trinajstić information content (AvgIpc) is 3.53. The summed E-state index contributed by atoms with van der Waals surface area (Å²) in [5, 5.41) is 4.54. The molecule has 1 atom stereocenters. The summed E-state index contributed by atoms with van der Waals surface area (Å²) in [4.78, 5) is 12.7.